The van der Waals surface area contributed by atoms with E-state index in [9.17, 15) is 9.59 Å². The number of nitrogens with zero attached hydrogens (tertiary/aromatic N) is 1. The Morgan fingerprint density at radius 2 is 1.97 bits per heavy atom. The zero-order valence-electron chi connectivity index (χ0n) is 18.3. The number of anilines is 2. The highest BCUT2D eigenvalue weighted by Crippen LogP contribution is 2.38. The van der Waals surface area contributed by atoms with E-state index in [1.54, 1.807) is 35.2 Å². The maximum Gasteiger partial charge on any atom is 0.259 e. The Labute approximate surface area is 178 Å². The Kier molecular flexibility index (Phi) is 6.34. The van der Waals surface area contributed by atoms with Gasteiger partial charge >= 0.3 is 0 Å². The van der Waals surface area contributed by atoms with E-state index >= 15 is 0 Å². The fourth-order valence-electron chi connectivity index (χ4n) is 3.41. The molecule has 0 atom stereocenters. The van der Waals surface area contributed by atoms with Gasteiger partial charge in [-0.15, -0.1) is 0 Å². The molecule has 2 amide bonds. The van der Waals surface area contributed by atoms with Gasteiger partial charge in [0.05, 0.1) is 23.3 Å². The van der Waals surface area contributed by atoms with Gasteiger partial charge in [0, 0.05) is 18.3 Å². The van der Waals surface area contributed by atoms with E-state index in [1.807, 2.05) is 32.9 Å². The second kappa shape index (κ2) is 8.78. The van der Waals surface area contributed by atoms with Gasteiger partial charge in [0.15, 0.2) is 0 Å². The summed E-state index contributed by atoms with van der Waals surface area (Å²) in [5.74, 6) is 1.22. The molecule has 160 valence electrons. The molecular formula is C24H30N2O4. The molecule has 2 aromatic carbocycles. The first-order valence-corrected chi connectivity index (χ1v) is 10.3. The van der Waals surface area contributed by atoms with Crippen LogP contribution in [0.4, 0.5) is 11.4 Å². The third-order valence-electron chi connectivity index (χ3n) is 4.90. The summed E-state index contributed by atoms with van der Waals surface area (Å²) in [5.41, 5.74) is 1.16. The third-order valence-corrected chi connectivity index (χ3v) is 4.90. The van der Waals surface area contributed by atoms with Crippen molar-refractivity contribution in [1.29, 1.82) is 0 Å². The minimum atomic E-state index is -0.631. The number of amides is 2. The molecule has 0 saturated heterocycles. The van der Waals surface area contributed by atoms with Crippen molar-refractivity contribution in [2.75, 3.05) is 30.0 Å². The van der Waals surface area contributed by atoms with Gasteiger partial charge in [0.2, 0.25) is 5.91 Å². The Morgan fingerprint density at radius 3 is 2.67 bits per heavy atom. The van der Waals surface area contributed by atoms with Crippen LogP contribution < -0.4 is 19.7 Å². The van der Waals surface area contributed by atoms with Crippen molar-refractivity contribution in [3.8, 4) is 11.5 Å². The number of carbonyl (C=O) groups is 2. The first-order valence-electron chi connectivity index (χ1n) is 10.3. The van der Waals surface area contributed by atoms with E-state index in [-0.39, 0.29) is 18.4 Å². The lowest BCUT2D eigenvalue weighted by Gasteiger charge is -2.29. The van der Waals surface area contributed by atoms with Crippen molar-refractivity contribution >= 4 is 23.2 Å². The zero-order valence-corrected chi connectivity index (χ0v) is 18.3. The molecule has 0 saturated carbocycles. The molecule has 6 nitrogen and oxygen atoms in total. The van der Waals surface area contributed by atoms with Crippen LogP contribution in [0, 0.1) is 11.3 Å². The SMILES string of the molecule is CCOc1ccccc1C(=O)Nc1ccc2c(c1)OCC(C)(C)C(=O)N2CC(C)C. The number of para-hydroxylation sites is 1. The molecule has 0 aromatic heterocycles. The molecule has 0 unspecified atom stereocenters. The summed E-state index contributed by atoms with van der Waals surface area (Å²) < 4.78 is 11.6. The van der Waals surface area contributed by atoms with E-state index in [4.69, 9.17) is 9.47 Å². The number of carbonyl (C=O) groups excluding carboxylic acids is 2. The van der Waals surface area contributed by atoms with Crippen LogP contribution in [0.15, 0.2) is 42.5 Å². The second-order valence-electron chi connectivity index (χ2n) is 8.55. The first kappa shape index (κ1) is 21.7. The standard InChI is InChI=1S/C24H30N2O4/c1-6-29-20-10-8-7-9-18(20)22(27)25-17-11-12-19-21(13-17)30-15-24(4,5)23(28)26(19)14-16(2)3/h7-13,16H,6,14-15H2,1-5H3,(H,25,27). The Balaban J connectivity index is 1.90. The van der Waals surface area contributed by atoms with Crippen LogP contribution in [0.3, 0.4) is 0 Å². The fraction of sp³-hybridized carbons (Fsp3) is 0.417. The predicted molar refractivity (Wildman–Crippen MR) is 118 cm³/mol. The Hall–Kier alpha value is -3.02. The lowest BCUT2D eigenvalue weighted by Crippen LogP contribution is -2.43. The summed E-state index contributed by atoms with van der Waals surface area (Å²) in [5, 5.41) is 2.91. The van der Waals surface area contributed by atoms with E-state index in [0.29, 0.717) is 41.8 Å². The zero-order chi connectivity index (χ0) is 21.9. The Bertz CT molecular complexity index is 937. The highest BCUT2D eigenvalue weighted by molar-refractivity contribution is 6.06. The molecule has 0 radical (unpaired) electrons. The lowest BCUT2D eigenvalue weighted by molar-refractivity contribution is -0.127. The number of rotatable bonds is 6. The molecular weight excluding hydrogens is 380 g/mol. The van der Waals surface area contributed by atoms with Crippen molar-refractivity contribution in [3.63, 3.8) is 0 Å². The summed E-state index contributed by atoms with van der Waals surface area (Å²) in [6.45, 7) is 11.2. The number of hydrogen-bond donors (Lipinski definition) is 1. The number of hydrogen-bond acceptors (Lipinski definition) is 4. The van der Waals surface area contributed by atoms with Gasteiger partial charge in [-0.1, -0.05) is 26.0 Å². The summed E-state index contributed by atoms with van der Waals surface area (Å²) in [4.78, 5) is 27.7. The lowest BCUT2D eigenvalue weighted by atomic mass is 9.92. The smallest absolute Gasteiger partial charge is 0.259 e. The quantitative estimate of drug-likeness (QED) is 0.747. The molecule has 0 aliphatic carbocycles. The largest absolute Gasteiger partial charge is 0.493 e. The number of benzene rings is 2. The highest BCUT2D eigenvalue weighted by Gasteiger charge is 2.38. The maximum absolute atomic E-state index is 13.1. The molecule has 1 aliphatic heterocycles. The summed E-state index contributed by atoms with van der Waals surface area (Å²) in [7, 11) is 0. The molecule has 6 heteroatoms. The van der Waals surface area contributed by atoms with Crippen LogP contribution in [-0.2, 0) is 4.79 Å². The highest BCUT2D eigenvalue weighted by atomic mass is 16.5. The summed E-state index contributed by atoms with van der Waals surface area (Å²) >= 11 is 0. The van der Waals surface area contributed by atoms with Gasteiger partial charge in [0.1, 0.15) is 18.1 Å². The molecule has 0 spiro atoms. The van der Waals surface area contributed by atoms with Gasteiger partial charge < -0.3 is 19.7 Å². The molecule has 1 aliphatic rings. The van der Waals surface area contributed by atoms with Crippen LogP contribution in [0.25, 0.3) is 0 Å². The third kappa shape index (κ3) is 4.58. The average molecular weight is 411 g/mol. The normalized spacial score (nSPS) is 15.3. The van der Waals surface area contributed by atoms with Gasteiger partial charge in [-0.05, 0) is 51.0 Å². The molecule has 3 rings (SSSR count). The van der Waals surface area contributed by atoms with Gasteiger partial charge in [-0.25, -0.2) is 0 Å². The first-order chi connectivity index (χ1) is 14.2. The Morgan fingerprint density at radius 1 is 1.23 bits per heavy atom. The van der Waals surface area contributed by atoms with Gasteiger partial charge in [-0.2, -0.15) is 0 Å². The van der Waals surface area contributed by atoms with Crippen molar-refractivity contribution in [3.05, 3.63) is 48.0 Å². The number of nitrogens with one attached hydrogen (secondary N) is 1. The maximum atomic E-state index is 13.1. The van der Waals surface area contributed by atoms with Crippen LogP contribution in [0.2, 0.25) is 0 Å². The van der Waals surface area contributed by atoms with E-state index in [0.717, 1.165) is 5.69 Å². The van der Waals surface area contributed by atoms with Crippen molar-refractivity contribution in [2.45, 2.75) is 34.6 Å². The molecule has 30 heavy (non-hydrogen) atoms. The minimum Gasteiger partial charge on any atom is -0.493 e. The van der Waals surface area contributed by atoms with E-state index in [2.05, 4.69) is 19.2 Å². The summed E-state index contributed by atoms with van der Waals surface area (Å²) in [6, 6.07) is 12.5. The molecule has 2 aromatic rings. The van der Waals surface area contributed by atoms with E-state index in [1.165, 1.54) is 0 Å². The summed E-state index contributed by atoms with van der Waals surface area (Å²) in [6.07, 6.45) is 0. The van der Waals surface area contributed by atoms with Gasteiger partial charge in [0.25, 0.3) is 5.91 Å². The van der Waals surface area contributed by atoms with Crippen molar-refractivity contribution < 1.29 is 19.1 Å². The number of fused-ring (bicyclic) bond motifs is 1. The number of ether oxygens (including phenoxy) is 2. The fourth-order valence-corrected chi connectivity index (χ4v) is 3.41. The van der Waals surface area contributed by atoms with Crippen molar-refractivity contribution in [2.24, 2.45) is 11.3 Å². The predicted octanol–water partition coefficient (Wildman–Crippen LogP) is 4.75. The van der Waals surface area contributed by atoms with Crippen LogP contribution in [0.1, 0.15) is 45.0 Å². The minimum absolute atomic E-state index is 0.0392. The second-order valence-corrected chi connectivity index (χ2v) is 8.55. The van der Waals surface area contributed by atoms with Gasteiger partial charge in [-0.3, -0.25) is 9.59 Å². The van der Waals surface area contributed by atoms with E-state index < -0.39 is 5.41 Å². The molecule has 0 fully saturated rings. The molecule has 1 heterocycles. The monoisotopic (exact) mass is 410 g/mol. The topological polar surface area (TPSA) is 67.9 Å². The molecule has 1 N–H and O–H groups in total. The average Bonchev–Trinajstić information content (AvgIpc) is 2.78. The molecule has 0 bridgehead atoms. The van der Waals surface area contributed by atoms with Crippen LogP contribution >= 0.6 is 0 Å². The van der Waals surface area contributed by atoms with Crippen LogP contribution in [-0.4, -0.2) is 31.6 Å². The van der Waals surface area contributed by atoms with Crippen LogP contribution in [0.5, 0.6) is 11.5 Å². The van der Waals surface area contributed by atoms with Crippen molar-refractivity contribution in [1.82, 2.24) is 0 Å².